The maximum atomic E-state index is 3.60. The molecule has 0 bridgehead atoms. The minimum Gasteiger partial charge on any atom is -0.313 e. The van der Waals surface area contributed by atoms with Crippen molar-refractivity contribution in [3.8, 4) is 0 Å². The summed E-state index contributed by atoms with van der Waals surface area (Å²) in [5.41, 5.74) is 2.57. The van der Waals surface area contributed by atoms with Crippen LogP contribution < -0.4 is 5.43 Å². The van der Waals surface area contributed by atoms with Crippen LogP contribution in [0.3, 0.4) is 0 Å². The van der Waals surface area contributed by atoms with Crippen molar-refractivity contribution in [3.63, 3.8) is 0 Å². The Morgan fingerprint density at radius 1 is 1.83 bits per heavy atom. The monoisotopic (exact) mass is 84.1 g/mol. The number of hydrogen-bond acceptors (Lipinski definition) is 2. The van der Waals surface area contributed by atoms with E-state index in [-0.39, 0.29) is 0 Å². The van der Waals surface area contributed by atoms with Gasteiger partial charge in [0.2, 0.25) is 0 Å². The molecule has 0 radical (unpaired) electrons. The molecule has 34 valence electrons. The quantitative estimate of drug-likeness (QED) is 0.379. The van der Waals surface area contributed by atoms with Crippen LogP contribution in [0.15, 0.2) is 17.8 Å². The smallest absolute Gasteiger partial charge is 0.0462 e. The second-order valence-corrected chi connectivity index (χ2v) is 0.737. The van der Waals surface area contributed by atoms with E-state index in [2.05, 4.69) is 17.1 Å². The van der Waals surface area contributed by atoms with Crippen LogP contribution in [0.2, 0.25) is 0 Å². The van der Waals surface area contributed by atoms with Gasteiger partial charge in [0.1, 0.15) is 0 Å². The molecule has 6 heavy (non-hydrogen) atoms. The highest BCUT2D eigenvalue weighted by Gasteiger charge is 1.49. The molecule has 0 rings (SSSR count). The van der Waals surface area contributed by atoms with Gasteiger partial charge in [0.15, 0.2) is 0 Å². The Labute approximate surface area is 37.6 Å². The van der Waals surface area contributed by atoms with Crippen LogP contribution in [0.4, 0.5) is 0 Å². The summed E-state index contributed by atoms with van der Waals surface area (Å²) in [4.78, 5) is 0. The Hall–Kier alpha value is -0.790. The molecule has 0 aliphatic heterocycles. The van der Waals surface area contributed by atoms with Crippen molar-refractivity contribution in [1.29, 1.82) is 0 Å². The van der Waals surface area contributed by atoms with Gasteiger partial charge in [-0.25, -0.2) is 0 Å². The van der Waals surface area contributed by atoms with E-state index in [1.807, 2.05) is 0 Å². The van der Waals surface area contributed by atoms with Gasteiger partial charge in [0, 0.05) is 13.3 Å². The molecule has 0 aliphatic rings. The molecule has 0 saturated heterocycles. The average molecular weight is 84.1 g/mol. The van der Waals surface area contributed by atoms with Crippen LogP contribution in [-0.4, -0.2) is 13.3 Å². The third-order valence-electron chi connectivity index (χ3n) is 0.309. The predicted molar refractivity (Wildman–Crippen MR) is 27.7 cm³/mol. The summed E-state index contributed by atoms with van der Waals surface area (Å²) in [6.07, 6.45) is 3.19. The van der Waals surface area contributed by atoms with Crippen molar-refractivity contribution >= 4 is 6.21 Å². The first-order chi connectivity index (χ1) is 2.91. The number of nitrogens with one attached hydrogen (secondary N) is 1. The fourth-order valence-electron chi connectivity index (χ4n) is 0.127. The molecule has 0 spiro atoms. The Morgan fingerprint density at radius 3 is 2.67 bits per heavy atom. The fraction of sp³-hybridized carbons (Fsp3) is 0.250. The minimum atomic E-state index is 1.58. The van der Waals surface area contributed by atoms with E-state index in [0.717, 1.165) is 0 Å². The molecule has 0 amide bonds. The zero-order valence-electron chi connectivity index (χ0n) is 3.81. The summed E-state index contributed by atoms with van der Waals surface area (Å²) >= 11 is 0. The third kappa shape index (κ3) is 3.21. The summed E-state index contributed by atoms with van der Waals surface area (Å²) in [6.45, 7) is 3.41. The molecule has 2 heteroatoms. The zero-order chi connectivity index (χ0) is 4.83. The van der Waals surface area contributed by atoms with E-state index in [9.17, 15) is 0 Å². The molecule has 0 atom stereocenters. The first-order valence-corrected chi connectivity index (χ1v) is 1.72. The van der Waals surface area contributed by atoms with Gasteiger partial charge in [-0.05, 0) is 6.08 Å². The normalized spacial score (nSPS) is 8.83. The molecule has 1 N–H and O–H groups in total. The zero-order valence-corrected chi connectivity index (χ0v) is 3.81. The molecule has 0 fully saturated rings. The summed E-state index contributed by atoms with van der Waals surface area (Å²) in [7, 11) is 1.74. The van der Waals surface area contributed by atoms with E-state index >= 15 is 0 Å². The first kappa shape index (κ1) is 5.21. The lowest BCUT2D eigenvalue weighted by Crippen LogP contribution is -1.91. The molecule has 0 aromatic rings. The Morgan fingerprint density at radius 2 is 2.50 bits per heavy atom. The lowest BCUT2D eigenvalue weighted by Gasteiger charge is -1.76. The molecule has 0 aliphatic carbocycles. The number of nitrogens with zero attached hydrogens (tertiary/aromatic N) is 1. The lowest BCUT2D eigenvalue weighted by molar-refractivity contribution is 0.909. The van der Waals surface area contributed by atoms with E-state index < -0.39 is 0 Å². The molecular formula is C4H8N2. The van der Waals surface area contributed by atoms with Crippen LogP contribution >= 0.6 is 0 Å². The van der Waals surface area contributed by atoms with Crippen molar-refractivity contribution in [2.75, 3.05) is 7.05 Å². The molecule has 0 saturated carbocycles. The van der Waals surface area contributed by atoms with Crippen molar-refractivity contribution in [2.45, 2.75) is 0 Å². The topological polar surface area (TPSA) is 24.4 Å². The molecular weight excluding hydrogens is 76.1 g/mol. The van der Waals surface area contributed by atoms with Gasteiger partial charge in [-0.2, -0.15) is 5.10 Å². The highest BCUT2D eigenvalue weighted by molar-refractivity contribution is 5.69. The van der Waals surface area contributed by atoms with E-state index in [4.69, 9.17) is 0 Å². The van der Waals surface area contributed by atoms with Crippen LogP contribution in [0.1, 0.15) is 0 Å². The predicted octanol–water partition coefficient (Wildman–Crippen LogP) is 0.378. The van der Waals surface area contributed by atoms with Crippen LogP contribution in [0.25, 0.3) is 0 Å². The van der Waals surface area contributed by atoms with E-state index in [1.54, 1.807) is 19.3 Å². The molecule has 0 unspecified atom stereocenters. The maximum Gasteiger partial charge on any atom is 0.0462 e. The molecule has 0 aromatic heterocycles. The van der Waals surface area contributed by atoms with Gasteiger partial charge in [-0.1, -0.05) is 6.58 Å². The second kappa shape index (κ2) is 4.21. The molecule has 2 nitrogen and oxygen atoms in total. The average Bonchev–Trinajstić information content (AvgIpc) is 1.61. The van der Waals surface area contributed by atoms with Gasteiger partial charge >= 0.3 is 0 Å². The summed E-state index contributed by atoms with van der Waals surface area (Å²) in [6, 6.07) is 0. The fourth-order valence-corrected chi connectivity index (χ4v) is 0.127. The van der Waals surface area contributed by atoms with Crippen LogP contribution in [0.5, 0.6) is 0 Å². The van der Waals surface area contributed by atoms with Gasteiger partial charge < -0.3 is 5.43 Å². The largest absolute Gasteiger partial charge is 0.313 e. The van der Waals surface area contributed by atoms with Crippen molar-refractivity contribution in [2.24, 2.45) is 5.10 Å². The third-order valence-corrected chi connectivity index (χ3v) is 0.309. The van der Waals surface area contributed by atoms with E-state index in [0.29, 0.717) is 0 Å². The number of allylic oxidation sites excluding steroid dienone is 1. The minimum absolute atomic E-state index is 1.58. The SMILES string of the molecule is C=CC=NNC. The number of hydrogen-bond donors (Lipinski definition) is 1. The Balaban J connectivity index is 2.94. The van der Waals surface area contributed by atoms with Crippen molar-refractivity contribution in [3.05, 3.63) is 12.7 Å². The van der Waals surface area contributed by atoms with Gasteiger partial charge in [-0.3, -0.25) is 0 Å². The van der Waals surface area contributed by atoms with E-state index in [1.165, 1.54) is 0 Å². The Kier molecular flexibility index (Phi) is 3.66. The van der Waals surface area contributed by atoms with Crippen molar-refractivity contribution < 1.29 is 0 Å². The summed E-state index contributed by atoms with van der Waals surface area (Å²) in [5.74, 6) is 0. The molecule has 0 aromatic carbocycles. The first-order valence-electron chi connectivity index (χ1n) is 1.72. The van der Waals surface area contributed by atoms with Gasteiger partial charge in [-0.15, -0.1) is 0 Å². The van der Waals surface area contributed by atoms with Crippen molar-refractivity contribution in [1.82, 2.24) is 5.43 Å². The number of rotatable bonds is 2. The summed E-state index contributed by atoms with van der Waals surface area (Å²) in [5, 5.41) is 3.60. The molecule has 0 heterocycles. The highest BCUT2D eigenvalue weighted by Crippen LogP contribution is 1.49. The highest BCUT2D eigenvalue weighted by atomic mass is 15.3. The maximum absolute atomic E-state index is 3.60. The Bertz CT molecular complexity index is 56.6. The van der Waals surface area contributed by atoms with Crippen LogP contribution in [0, 0.1) is 0 Å². The van der Waals surface area contributed by atoms with Gasteiger partial charge in [0.05, 0.1) is 0 Å². The lowest BCUT2D eigenvalue weighted by atomic mass is 10.7. The van der Waals surface area contributed by atoms with Gasteiger partial charge in [0.25, 0.3) is 0 Å². The second-order valence-electron chi connectivity index (χ2n) is 0.737. The summed E-state index contributed by atoms with van der Waals surface area (Å²) < 4.78 is 0. The number of hydrazone groups is 1. The standard InChI is InChI=1S/C4H8N2/c1-3-4-6-5-2/h3-5H,1H2,2H3. The van der Waals surface area contributed by atoms with Crippen LogP contribution in [-0.2, 0) is 0 Å².